The maximum Gasteiger partial charge on any atom is 0.323 e. The van der Waals surface area contributed by atoms with Gasteiger partial charge in [-0.3, -0.25) is 4.79 Å². The monoisotopic (exact) mass is 452 g/mol. The minimum absolute atomic E-state index is 0.140. The third-order valence-electron chi connectivity index (χ3n) is 6.29. The van der Waals surface area contributed by atoms with Gasteiger partial charge >= 0.3 is 6.03 Å². The number of nitrogens with zero attached hydrogens (tertiary/aromatic N) is 1. The summed E-state index contributed by atoms with van der Waals surface area (Å²) in [5, 5.41) is 8.76. The molecule has 3 rings (SSSR count). The standard InChI is InChI=1S/C26H36N4O3/c1-18-11-14-30(15-12-18)24-10-9-21(17-22(24)25(31)27-13-6-16-33-4)28-26(32)29-23-8-5-7-19(2)20(23)3/h5,7-10,17-18H,6,11-16H2,1-4H3,(H,27,31)(H2,28,29,32). The first-order valence-corrected chi connectivity index (χ1v) is 11.7. The van der Waals surface area contributed by atoms with Crippen molar-refractivity contribution in [3.8, 4) is 0 Å². The van der Waals surface area contributed by atoms with Gasteiger partial charge in [-0.1, -0.05) is 19.1 Å². The maximum absolute atomic E-state index is 13.0. The highest BCUT2D eigenvalue weighted by molar-refractivity contribution is 6.04. The van der Waals surface area contributed by atoms with Crippen LogP contribution in [0, 0.1) is 19.8 Å². The fraction of sp³-hybridized carbons (Fsp3) is 0.462. The summed E-state index contributed by atoms with van der Waals surface area (Å²) >= 11 is 0. The van der Waals surface area contributed by atoms with Crippen LogP contribution in [-0.4, -0.2) is 45.3 Å². The zero-order chi connectivity index (χ0) is 23.8. The van der Waals surface area contributed by atoms with Gasteiger partial charge in [0.15, 0.2) is 0 Å². The highest BCUT2D eigenvalue weighted by Crippen LogP contribution is 2.29. The van der Waals surface area contributed by atoms with Gasteiger partial charge in [-0.25, -0.2) is 4.79 Å². The predicted molar refractivity (Wildman–Crippen MR) is 134 cm³/mol. The molecule has 3 N–H and O–H groups in total. The van der Waals surface area contributed by atoms with Gasteiger partial charge in [0.2, 0.25) is 0 Å². The molecule has 0 unspecified atom stereocenters. The van der Waals surface area contributed by atoms with Crippen molar-refractivity contribution in [2.75, 3.05) is 48.9 Å². The molecule has 7 heteroatoms. The van der Waals surface area contributed by atoms with Crippen LogP contribution in [0.4, 0.5) is 21.9 Å². The maximum atomic E-state index is 13.0. The summed E-state index contributed by atoms with van der Waals surface area (Å²) in [6.07, 6.45) is 2.95. The Bertz CT molecular complexity index is 968. The second-order valence-corrected chi connectivity index (χ2v) is 8.83. The van der Waals surface area contributed by atoms with E-state index < -0.39 is 0 Å². The second kappa shape index (κ2) is 11.7. The lowest BCUT2D eigenvalue weighted by molar-refractivity contribution is 0.0949. The van der Waals surface area contributed by atoms with Gasteiger partial charge in [0, 0.05) is 50.4 Å². The molecule has 1 fully saturated rings. The van der Waals surface area contributed by atoms with Crippen LogP contribution in [0.2, 0.25) is 0 Å². The lowest BCUT2D eigenvalue weighted by atomic mass is 9.98. The summed E-state index contributed by atoms with van der Waals surface area (Å²) in [6.45, 7) is 9.23. The Hall–Kier alpha value is -3.06. The fourth-order valence-electron chi connectivity index (χ4n) is 4.01. The van der Waals surface area contributed by atoms with Gasteiger partial charge in [0.1, 0.15) is 0 Å². The quantitative estimate of drug-likeness (QED) is 0.495. The molecular weight excluding hydrogens is 416 g/mol. The Balaban J connectivity index is 1.77. The number of hydrogen-bond donors (Lipinski definition) is 3. The van der Waals surface area contributed by atoms with Crippen LogP contribution in [-0.2, 0) is 4.74 Å². The SMILES string of the molecule is COCCCNC(=O)c1cc(NC(=O)Nc2cccc(C)c2C)ccc1N1CCC(C)CC1. The van der Waals surface area contributed by atoms with Gasteiger partial charge < -0.3 is 25.6 Å². The van der Waals surface area contributed by atoms with E-state index in [1.165, 1.54) is 0 Å². The van der Waals surface area contributed by atoms with Crippen molar-refractivity contribution in [3.63, 3.8) is 0 Å². The third kappa shape index (κ3) is 6.71. The Morgan fingerprint density at radius 1 is 1.09 bits per heavy atom. The molecule has 1 aliphatic rings. The number of anilines is 3. The highest BCUT2D eigenvalue weighted by atomic mass is 16.5. The summed E-state index contributed by atoms with van der Waals surface area (Å²) in [5.41, 5.74) is 4.97. The molecule has 33 heavy (non-hydrogen) atoms. The number of ether oxygens (including phenoxy) is 1. The zero-order valence-corrected chi connectivity index (χ0v) is 20.2. The number of methoxy groups -OCH3 is 1. The Morgan fingerprint density at radius 2 is 1.85 bits per heavy atom. The molecule has 1 heterocycles. The molecular formula is C26H36N4O3. The second-order valence-electron chi connectivity index (χ2n) is 8.83. The molecule has 2 aromatic carbocycles. The number of piperidine rings is 1. The van der Waals surface area contributed by atoms with Crippen molar-refractivity contribution < 1.29 is 14.3 Å². The number of benzene rings is 2. The van der Waals surface area contributed by atoms with Crippen molar-refractivity contribution in [3.05, 3.63) is 53.1 Å². The van der Waals surface area contributed by atoms with Crippen LogP contribution in [0.15, 0.2) is 36.4 Å². The number of rotatable bonds is 8. The molecule has 178 valence electrons. The molecule has 1 aliphatic heterocycles. The number of aryl methyl sites for hydroxylation is 1. The summed E-state index contributed by atoms with van der Waals surface area (Å²) < 4.78 is 5.07. The first-order chi connectivity index (χ1) is 15.9. The van der Waals surface area contributed by atoms with Gasteiger partial charge in [0.25, 0.3) is 5.91 Å². The van der Waals surface area contributed by atoms with Crippen molar-refractivity contribution in [2.45, 2.75) is 40.0 Å². The van der Waals surface area contributed by atoms with Gasteiger partial charge in [-0.2, -0.15) is 0 Å². The number of carbonyl (C=O) groups excluding carboxylic acids is 2. The Labute approximate surface area is 196 Å². The fourth-order valence-corrected chi connectivity index (χ4v) is 4.01. The van der Waals surface area contributed by atoms with Crippen LogP contribution >= 0.6 is 0 Å². The van der Waals surface area contributed by atoms with E-state index in [9.17, 15) is 9.59 Å². The largest absolute Gasteiger partial charge is 0.385 e. The number of amides is 3. The summed E-state index contributed by atoms with van der Waals surface area (Å²) in [4.78, 5) is 28.0. The van der Waals surface area contributed by atoms with E-state index in [1.807, 2.05) is 44.2 Å². The first-order valence-electron chi connectivity index (χ1n) is 11.7. The van der Waals surface area contributed by atoms with Crippen LogP contribution in [0.25, 0.3) is 0 Å². The van der Waals surface area contributed by atoms with Crippen LogP contribution < -0.4 is 20.9 Å². The van der Waals surface area contributed by atoms with Crippen LogP contribution in [0.1, 0.15) is 47.7 Å². The van der Waals surface area contributed by atoms with Gasteiger partial charge in [-0.05, 0) is 74.4 Å². The molecule has 2 aromatic rings. The molecule has 0 aliphatic carbocycles. The van der Waals surface area contributed by atoms with Crippen LogP contribution in [0.3, 0.4) is 0 Å². The molecule has 7 nitrogen and oxygen atoms in total. The highest BCUT2D eigenvalue weighted by Gasteiger charge is 2.22. The summed E-state index contributed by atoms with van der Waals surface area (Å²) in [5.74, 6) is 0.556. The van der Waals surface area contributed by atoms with E-state index in [0.29, 0.717) is 30.3 Å². The molecule has 0 aromatic heterocycles. The molecule has 0 atom stereocenters. The molecule has 0 bridgehead atoms. The minimum atomic E-state index is -0.338. The molecule has 0 radical (unpaired) electrons. The van der Waals surface area contributed by atoms with Gasteiger partial charge in [-0.15, -0.1) is 0 Å². The van der Waals surface area contributed by atoms with Gasteiger partial charge in [0.05, 0.1) is 5.56 Å². The zero-order valence-electron chi connectivity index (χ0n) is 20.2. The average Bonchev–Trinajstić information content (AvgIpc) is 2.80. The van der Waals surface area contributed by atoms with E-state index in [2.05, 4.69) is 27.8 Å². The van der Waals surface area contributed by atoms with Crippen LogP contribution in [0.5, 0.6) is 0 Å². The molecule has 3 amide bonds. The lowest BCUT2D eigenvalue weighted by Gasteiger charge is -2.33. The summed E-state index contributed by atoms with van der Waals surface area (Å²) in [6, 6.07) is 11.0. The van der Waals surface area contributed by atoms with E-state index in [-0.39, 0.29) is 11.9 Å². The lowest BCUT2D eigenvalue weighted by Crippen LogP contribution is -2.35. The van der Waals surface area contributed by atoms with E-state index in [0.717, 1.165) is 54.9 Å². The Morgan fingerprint density at radius 3 is 2.58 bits per heavy atom. The van der Waals surface area contributed by atoms with E-state index in [4.69, 9.17) is 4.74 Å². The van der Waals surface area contributed by atoms with Crippen molar-refractivity contribution in [1.29, 1.82) is 0 Å². The topological polar surface area (TPSA) is 82.7 Å². The Kier molecular flexibility index (Phi) is 8.72. The average molecular weight is 453 g/mol. The van der Waals surface area contributed by atoms with Crippen molar-refractivity contribution in [1.82, 2.24) is 5.32 Å². The predicted octanol–water partition coefficient (Wildman–Crippen LogP) is 4.95. The smallest absolute Gasteiger partial charge is 0.323 e. The summed E-state index contributed by atoms with van der Waals surface area (Å²) in [7, 11) is 1.65. The van der Waals surface area contributed by atoms with Crippen molar-refractivity contribution in [2.24, 2.45) is 5.92 Å². The first kappa shape index (κ1) is 24.6. The number of urea groups is 1. The van der Waals surface area contributed by atoms with E-state index in [1.54, 1.807) is 13.2 Å². The molecule has 1 saturated heterocycles. The van der Waals surface area contributed by atoms with Crippen molar-refractivity contribution >= 4 is 29.0 Å². The number of nitrogens with one attached hydrogen (secondary N) is 3. The normalized spacial score (nSPS) is 14.1. The number of carbonyl (C=O) groups is 2. The molecule has 0 saturated carbocycles. The minimum Gasteiger partial charge on any atom is -0.385 e. The molecule has 0 spiro atoms. The van der Waals surface area contributed by atoms with E-state index >= 15 is 0 Å². The third-order valence-corrected chi connectivity index (χ3v) is 6.29. The number of hydrogen-bond acceptors (Lipinski definition) is 4.